The van der Waals surface area contributed by atoms with Gasteiger partial charge >= 0.3 is 0 Å². The summed E-state index contributed by atoms with van der Waals surface area (Å²) < 4.78 is 5.13. The highest BCUT2D eigenvalue weighted by molar-refractivity contribution is 5.92. The predicted molar refractivity (Wildman–Crippen MR) is 68.9 cm³/mol. The number of hydrogen-bond donors (Lipinski definition) is 2. The van der Waals surface area contributed by atoms with Crippen molar-refractivity contribution in [2.75, 3.05) is 0 Å². The van der Waals surface area contributed by atoms with Gasteiger partial charge in [0.2, 0.25) is 0 Å². The minimum Gasteiger partial charge on any atom is -0.459 e. The standard InChI is InChI=1S/C14H16N2O2/c1-10-6-7-18-13(10)14(17)16-9-12-5-3-2-4-11(12)8-15/h2-7H,8-9,15H2,1H3,(H,16,17). The molecule has 0 spiro atoms. The minimum absolute atomic E-state index is 0.204. The number of rotatable bonds is 4. The molecule has 2 rings (SSSR count). The van der Waals surface area contributed by atoms with Crippen molar-refractivity contribution in [1.82, 2.24) is 5.32 Å². The molecule has 0 unspecified atom stereocenters. The molecule has 0 saturated carbocycles. The summed E-state index contributed by atoms with van der Waals surface area (Å²) in [5.74, 6) is 0.157. The Morgan fingerprint density at radius 1 is 1.28 bits per heavy atom. The van der Waals surface area contributed by atoms with Crippen molar-refractivity contribution >= 4 is 5.91 Å². The molecule has 94 valence electrons. The van der Waals surface area contributed by atoms with Gasteiger partial charge in [-0.25, -0.2) is 0 Å². The van der Waals surface area contributed by atoms with Gasteiger partial charge in [0, 0.05) is 18.7 Å². The van der Waals surface area contributed by atoms with E-state index in [0.717, 1.165) is 16.7 Å². The van der Waals surface area contributed by atoms with Crippen LogP contribution < -0.4 is 11.1 Å². The van der Waals surface area contributed by atoms with Crippen LogP contribution in [0.2, 0.25) is 0 Å². The molecule has 0 aliphatic rings. The Morgan fingerprint density at radius 2 is 2.00 bits per heavy atom. The third-order valence-corrected chi connectivity index (χ3v) is 2.85. The van der Waals surface area contributed by atoms with Crippen LogP contribution in [0.25, 0.3) is 0 Å². The topological polar surface area (TPSA) is 68.3 Å². The summed E-state index contributed by atoms with van der Waals surface area (Å²) in [6.07, 6.45) is 1.51. The maximum Gasteiger partial charge on any atom is 0.287 e. The SMILES string of the molecule is Cc1ccoc1C(=O)NCc1ccccc1CN. The number of nitrogens with one attached hydrogen (secondary N) is 1. The fourth-order valence-electron chi connectivity index (χ4n) is 1.79. The van der Waals surface area contributed by atoms with E-state index in [1.165, 1.54) is 6.26 Å². The van der Waals surface area contributed by atoms with Crippen LogP contribution in [-0.4, -0.2) is 5.91 Å². The summed E-state index contributed by atoms with van der Waals surface area (Å²) in [6, 6.07) is 9.54. The number of hydrogen-bond acceptors (Lipinski definition) is 3. The van der Waals surface area contributed by atoms with Gasteiger partial charge in [-0.3, -0.25) is 4.79 Å². The number of nitrogens with two attached hydrogens (primary N) is 1. The zero-order valence-electron chi connectivity index (χ0n) is 10.3. The van der Waals surface area contributed by atoms with Gasteiger partial charge in [0.15, 0.2) is 5.76 Å². The molecule has 4 heteroatoms. The first kappa shape index (κ1) is 12.4. The van der Waals surface area contributed by atoms with Crippen LogP contribution in [0, 0.1) is 6.92 Å². The van der Waals surface area contributed by atoms with Crippen molar-refractivity contribution in [3.05, 3.63) is 59.0 Å². The molecule has 0 fully saturated rings. The van der Waals surface area contributed by atoms with Crippen LogP contribution in [-0.2, 0) is 13.1 Å². The summed E-state index contributed by atoms with van der Waals surface area (Å²) in [5, 5.41) is 2.83. The molecule has 0 radical (unpaired) electrons. The molecular formula is C14H16N2O2. The molecule has 0 aliphatic carbocycles. The number of benzene rings is 1. The molecule has 4 nitrogen and oxygen atoms in total. The minimum atomic E-state index is -0.204. The summed E-state index contributed by atoms with van der Waals surface area (Å²) in [6.45, 7) is 2.75. The van der Waals surface area contributed by atoms with Crippen molar-refractivity contribution < 1.29 is 9.21 Å². The van der Waals surface area contributed by atoms with Gasteiger partial charge < -0.3 is 15.5 Å². The Bertz CT molecular complexity index is 546. The van der Waals surface area contributed by atoms with E-state index in [-0.39, 0.29) is 5.91 Å². The molecule has 18 heavy (non-hydrogen) atoms. The lowest BCUT2D eigenvalue weighted by atomic mass is 10.1. The molecule has 1 amide bonds. The van der Waals surface area contributed by atoms with E-state index in [2.05, 4.69) is 5.32 Å². The Hall–Kier alpha value is -2.07. The third-order valence-electron chi connectivity index (χ3n) is 2.85. The summed E-state index contributed by atoms with van der Waals surface area (Å²) >= 11 is 0. The predicted octanol–water partition coefficient (Wildman–Crippen LogP) is 1.98. The monoisotopic (exact) mass is 244 g/mol. The van der Waals surface area contributed by atoms with E-state index >= 15 is 0 Å². The second-order valence-electron chi connectivity index (χ2n) is 4.09. The van der Waals surface area contributed by atoms with Crippen LogP contribution in [0.3, 0.4) is 0 Å². The highest BCUT2D eigenvalue weighted by Gasteiger charge is 2.12. The molecule has 1 aromatic carbocycles. The van der Waals surface area contributed by atoms with Crippen molar-refractivity contribution in [2.24, 2.45) is 5.73 Å². The van der Waals surface area contributed by atoms with Gasteiger partial charge in [-0.2, -0.15) is 0 Å². The van der Waals surface area contributed by atoms with E-state index in [4.69, 9.17) is 10.2 Å². The van der Waals surface area contributed by atoms with E-state index in [1.807, 2.05) is 31.2 Å². The quantitative estimate of drug-likeness (QED) is 0.864. The van der Waals surface area contributed by atoms with Gasteiger partial charge in [0.05, 0.1) is 6.26 Å². The van der Waals surface area contributed by atoms with Crippen molar-refractivity contribution in [3.63, 3.8) is 0 Å². The largest absolute Gasteiger partial charge is 0.459 e. The molecule has 0 atom stereocenters. The summed E-state index contributed by atoms with van der Waals surface area (Å²) in [4.78, 5) is 11.9. The van der Waals surface area contributed by atoms with Crippen LogP contribution in [0.4, 0.5) is 0 Å². The highest BCUT2D eigenvalue weighted by Crippen LogP contribution is 2.10. The zero-order chi connectivity index (χ0) is 13.0. The average Bonchev–Trinajstić information content (AvgIpc) is 2.82. The fraction of sp³-hybridized carbons (Fsp3) is 0.214. The summed E-state index contributed by atoms with van der Waals surface area (Å²) in [5.41, 5.74) is 8.54. The Kier molecular flexibility index (Phi) is 3.79. The lowest BCUT2D eigenvalue weighted by molar-refractivity contribution is 0.0922. The fourth-order valence-corrected chi connectivity index (χ4v) is 1.79. The van der Waals surface area contributed by atoms with Gasteiger partial charge in [0.25, 0.3) is 5.91 Å². The van der Waals surface area contributed by atoms with E-state index in [0.29, 0.717) is 18.8 Å². The van der Waals surface area contributed by atoms with Crippen LogP contribution >= 0.6 is 0 Å². The van der Waals surface area contributed by atoms with E-state index < -0.39 is 0 Å². The molecule has 2 aromatic rings. The lowest BCUT2D eigenvalue weighted by Crippen LogP contribution is -2.23. The zero-order valence-corrected chi connectivity index (χ0v) is 10.3. The molecule has 0 bridgehead atoms. The Morgan fingerprint density at radius 3 is 2.61 bits per heavy atom. The molecule has 1 heterocycles. The first-order valence-corrected chi connectivity index (χ1v) is 5.81. The normalized spacial score (nSPS) is 10.3. The highest BCUT2D eigenvalue weighted by atomic mass is 16.3. The Labute approximate surface area is 106 Å². The smallest absolute Gasteiger partial charge is 0.287 e. The molecule has 0 aliphatic heterocycles. The number of carbonyl (C=O) groups excluding carboxylic acids is 1. The van der Waals surface area contributed by atoms with Crippen molar-refractivity contribution in [2.45, 2.75) is 20.0 Å². The van der Waals surface area contributed by atoms with E-state index in [1.54, 1.807) is 6.07 Å². The first-order valence-electron chi connectivity index (χ1n) is 5.81. The molecule has 3 N–H and O–H groups in total. The number of furan rings is 1. The lowest BCUT2D eigenvalue weighted by Gasteiger charge is -2.08. The van der Waals surface area contributed by atoms with Crippen LogP contribution in [0.5, 0.6) is 0 Å². The second-order valence-corrected chi connectivity index (χ2v) is 4.09. The molecule has 0 saturated heterocycles. The van der Waals surface area contributed by atoms with Gasteiger partial charge in [-0.15, -0.1) is 0 Å². The van der Waals surface area contributed by atoms with Crippen molar-refractivity contribution in [1.29, 1.82) is 0 Å². The maximum absolute atomic E-state index is 11.9. The van der Waals surface area contributed by atoms with Gasteiger partial charge in [0.1, 0.15) is 0 Å². The first-order chi connectivity index (χ1) is 8.72. The van der Waals surface area contributed by atoms with Crippen LogP contribution in [0.15, 0.2) is 41.0 Å². The number of carbonyl (C=O) groups is 1. The average molecular weight is 244 g/mol. The van der Waals surface area contributed by atoms with E-state index in [9.17, 15) is 4.79 Å². The van der Waals surface area contributed by atoms with Crippen LogP contribution in [0.1, 0.15) is 27.2 Å². The number of amides is 1. The molecular weight excluding hydrogens is 228 g/mol. The second kappa shape index (κ2) is 5.51. The van der Waals surface area contributed by atoms with Crippen molar-refractivity contribution in [3.8, 4) is 0 Å². The summed E-state index contributed by atoms with van der Waals surface area (Å²) in [7, 11) is 0. The molecule has 1 aromatic heterocycles. The maximum atomic E-state index is 11.9. The van der Waals surface area contributed by atoms with Gasteiger partial charge in [-0.1, -0.05) is 24.3 Å². The number of aryl methyl sites for hydroxylation is 1. The third kappa shape index (κ3) is 2.60. The van der Waals surface area contributed by atoms with Gasteiger partial charge in [-0.05, 0) is 24.1 Å². The Balaban J connectivity index is 2.04.